The van der Waals surface area contributed by atoms with Gasteiger partial charge in [-0.15, -0.1) is 0 Å². The Balaban J connectivity index is 2.16. The fraction of sp³-hybridized carbons (Fsp3) is 0.650. The van der Waals surface area contributed by atoms with Crippen molar-refractivity contribution >= 4 is 15.9 Å². The van der Waals surface area contributed by atoms with Crippen molar-refractivity contribution in [1.29, 1.82) is 0 Å². The van der Waals surface area contributed by atoms with Gasteiger partial charge in [-0.3, -0.25) is 4.79 Å². The van der Waals surface area contributed by atoms with Gasteiger partial charge in [0.25, 0.3) is 5.91 Å². The highest BCUT2D eigenvalue weighted by atomic mass is 32.2. The van der Waals surface area contributed by atoms with Gasteiger partial charge in [-0.1, -0.05) is 27.2 Å². The Morgan fingerprint density at radius 2 is 1.69 bits per heavy atom. The summed E-state index contributed by atoms with van der Waals surface area (Å²) < 4.78 is 27.4. The van der Waals surface area contributed by atoms with Gasteiger partial charge in [-0.2, -0.15) is 4.31 Å². The molecule has 1 heterocycles. The van der Waals surface area contributed by atoms with Gasteiger partial charge in [0, 0.05) is 31.7 Å². The summed E-state index contributed by atoms with van der Waals surface area (Å²) in [4.78, 5) is 14.7. The molecule has 0 saturated carbocycles. The number of piperidine rings is 1. The molecule has 2 unspecified atom stereocenters. The lowest BCUT2D eigenvalue weighted by Gasteiger charge is -2.34. The lowest BCUT2D eigenvalue weighted by Crippen LogP contribution is -2.42. The number of unbranched alkanes of at least 4 members (excludes halogenated alkanes) is 1. The Labute approximate surface area is 158 Å². The molecule has 0 aromatic heterocycles. The van der Waals surface area contributed by atoms with Crippen LogP contribution in [0.4, 0.5) is 0 Å². The number of amides is 1. The van der Waals surface area contributed by atoms with Crippen LogP contribution in [0.25, 0.3) is 0 Å². The Morgan fingerprint density at radius 3 is 2.19 bits per heavy atom. The molecule has 0 bridgehead atoms. The van der Waals surface area contributed by atoms with Crippen molar-refractivity contribution in [3.8, 4) is 0 Å². The lowest BCUT2D eigenvalue weighted by molar-refractivity contribution is 0.0762. The molecule has 1 aromatic rings. The van der Waals surface area contributed by atoms with Gasteiger partial charge in [0.1, 0.15) is 0 Å². The summed E-state index contributed by atoms with van der Waals surface area (Å²) >= 11 is 0. The fourth-order valence-corrected chi connectivity index (χ4v) is 5.33. The Morgan fingerprint density at radius 1 is 1.12 bits per heavy atom. The van der Waals surface area contributed by atoms with Gasteiger partial charge in [0.15, 0.2) is 0 Å². The van der Waals surface area contributed by atoms with E-state index >= 15 is 0 Å². The van der Waals surface area contributed by atoms with Gasteiger partial charge in [0.2, 0.25) is 10.0 Å². The van der Waals surface area contributed by atoms with E-state index in [1.165, 1.54) is 0 Å². The van der Waals surface area contributed by atoms with Crippen molar-refractivity contribution in [3.63, 3.8) is 0 Å². The van der Waals surface area contributed by atoms with Crippen molar-refractivity contribution < 1.29 is 13.2 Å². The summed E-state index contributed by atoms with van der Waals surface area (Å²) in [7, 11) is -3.50. The van der Waals surface area contributed by atoms with Crippen LogP contribution in [0, 0.1) is 11.8 Å². The fourth-order valence-electron chi connectivity index (χ4n) is 3.66. The van der Waals surface area contributed by atoms with Crippen molar-refractivity contribution in [1.82, 2.24) is 9.21 Å². The SMILES string of the molecule is CCCCN(CC)C(=O)c1ccc(S(=O)(=O)N2CC(C)CC(C)C2)cc1. The summed E-state index contributed by atoms with van der Waals surface area (Å²) in [5, 5.41) is 0. The van der Waals surface area contributed by atoms with Crippen LogP contribution in [0.3, 0.4) is 0 Å². The zero-order valence-corrected chi connectivity index (χ0v) is 17.3. The molecule has 26 heavy (non-hydrogen) atoms. The second kappa shape index (κ2) is 9.00. The summed E-state index contributed by atoms with van der Waals surface area (Å²) in [6, 6.07) is 6.42. The maximum atomic E-state index is 12.9. The minimum absolute atomic E-state index is 0.0369. The van der Waals surface area contributed by atoms with E-state index in [9.17, 15) is 13.2 Å². The molecular formula is C20H32N2O3S. The van der Waals surface area contributed by atoms with Crippen molar-refractivity contribution in [2.24, 2.45) is 11.8 Å². The highest BCUT2D eigenvalue weighted by Crippen LogP contribution is 2.26. The number of carbonyl (C=O) groups is 1. The second-order valence-electron chi connectivity index (χ2n) is 7.53. The molecule has 2 atom stereocenters. The Kier molecular flexibility index (Phi) is 7.24. The van der Waals surface area contributed by atoms with Gasteiger partial charge < -0.3 is 4.90 Å². The van der Waals surface area contributed by atoms with Crippen LogP contribution in [-0.2, 0) is 10.0 Å². The van der Waals surface area contributed by atoms with Crippen LogP contribution >= 0.6 is 0 Å². The van der Waals surface area contributed by atoms with E-state index in [1.54, 1.807) is 33.5 Å². The van der Waals surface area contributed by atoms with Gasteiger partial charge in [-0.25, -0.2) is 8.42 Å². The number of hydrogen-bond acceptors (Lipinski definition) is 3. The van der Waals surface area contributed by atoms with E-state index in [1.807, 2.05) is 6.92 Å². The Bertz CT molecular complexity index is 690. The van der Waals surface area contributed by atoms with Gasteiger partial charge in [-0.05, 0) is 55.9 Å². The topological polar surface area (TPSA) is 57.7 Å². The first-order chi connectivity index (χ1) is 12.3. The summed E-state index contributed by atoms with van der Waals surface area (Å²) in [5.41, 5.74) is 0.544. The first-order valence-corrected chi connectivity index (χ1v) is 11.1. The lowest BCUT2D eigenvalue weighted by atomic mass is 9.94. The van der Waals surface area contributed by atoms with E-state index in [2.05, 4.69) is 20.8 Å². The van der Waals surface area contributed by atoms with Crippen LogP contribution in [0.5, 0.6) is 0 Å². The van der Waals surface area contributed by atoms with E-state index in [-0.39, 0.29) is 10.8 Å². The third-order valence-corrected chi connectivity index (χ3v) is 6.87. The molecule has 1 aliphatic rings. The summed E-state index contributed by atoms with van der Waals surface area (Å²) in [6.07, 6.45) is 3.06. The third-order valence-electron chi connectivity index (χ3n) is 5.02. The monoisotopic (exact) mass is 380 g/mol. The molecule has 0 aliphatic carbocycles. The molecule has 0 spiro atoms. The van der Waals surface area contributed by atoms with E-state index in [4.69, 9.17) is 0 Å². The average molecular weight is 381 g/mol. The van der Waals surface area contributed by atoms with Crippen molar-refractivity contribution in [2.75, 3.05) is 26.2 Å². The minimum Gasteiger partial charge on any atom is -0.339 e. The average Bonchev–Trinajstić information content (AvgIpc) is 2.61. The number of rotatable bonds is 7. The first-order valence-electron chi connectivity index (χ1n) is 9.69. The molecule has 2 rings (SSSR count). The molecule has 1 aromatic carbocycles. The van der Waals surface area contributed by atoms with Gasteiger partial charge in [0.05, 0.1) is 4.90 Å². The molecule has 1 aliphatic heterocycles. The number of carbonyl (C=O) groups excluding carboxylic acids is 1. The van der Waals surface area contributed by atoms with Crippen LogP contribution in [-0.4, -0.2) is 49.7 Å². The van der Waals surface area contributed by atoms with Crippen LogP contribution in [0.15, 0.2) is 29.2 Å². The van der Waals surface area contributed by atoms with Crippen LogP contribution < -0.4 is 0 Å². The van der Waals surface area contributed by atoms with E-state index in [0.717, 1.165) is 25.8 Å². The first kappa shape index (κ1) is 20.9. The second-order valence-corrected chi connectivity index (χ2v) is 9.47. The molecule has 5 nitrogen and oxygen atoms in total. The number of benzene rings is 1. The van der Waals surface area contributed by atoms with E-state index in [0.29, 0.717) is 37.0 Å². The van der Waals surface area contributed by atoms with E-state index < -0.39 is 10.0 Å². The molecule has 0 N–H and O–H groups in total. The van der Waals surface area contributed by atoms with Crippen LogP contribution in [0.1, 0.15) is 57.3 Å². The normalized spacial score (nSPS) is 21.5. The van der Waals surface area contributed by atoms with Crippen molar-refractivity contribution in [3.05, 3.63) is 29.8 Å². The maximum Gasteiger partial charge on any atom is 0.253 e. The molecule has 1 saturated heterocycles. The number of nitrogens with zero attached hydrogens (tertiary/aromatic N) is 2. The largest absolute Gasteiger partial charge is 0.339 e. The number of sulfonamides is 1. The smallest absolute Gasteiger partial charge is 0.253 e. The maximum absolute atomic E-state index is 12.9. The Hall–Kier alpha value is -1.40. The zero-order valence-electron chi connectivity index (χ0n) is 16.4. The summed E-state index contributed by atoms with van der Waals surface area (Å²) in [5.74, 6) is 0.697. The quantitative estimate of drug-likeness (QED) is 0.726. The molecule has 1 amide bonds. The van der Waals surface area contributed by atoms with Gasteiger partial charge >= 0.3 is 0 Å². The molecule has 0 radical (unpaired) electrons. The van der Waals surface area contributed by atoms with Crippen molar-refractivity contribution in [2.45, 2.75) is 51.9 Å². The minimum atomic E-state index is -3.50. The molecule has 1 fully saturated rings. The third kappa shape index (κ3) is 4.86. The number of hydrogen-bond donors (Lipinski definition) is 0. The molecular weight excluding hydrogens is 348 g/mol. The predicted octanol–water partition coefficient (Wildman–Crippen LogP) is 3.62. The zero-order chi connectivity index (χ0) is 19.3. The predicted molar refractivity (Wildman–Crippen MR) is 105 cm³/mol. The summed E-state index contributed by atoms with van der Waals surface area (Å²) in [6.45, 7) is 10.8. The highest BCUT2D eigenvalue weighted by Gasteiger charge is 2.31. The molecule has 146 valence electrons. The standard InChI is InChI=1S/C20H32N2O3S/c1-5-7-12-21(6-2)20(23)18-8-10-19(11-9-18)26(24,25)22-14-16(3)13-17(4)15-22/h8-11,16-17H,5-7,12-15H2,1-4H3. The highest BCUT2D eigenvalue weighted by molar-refractivity contribution is 7.89. The molecule has 6 heteroatoms. The van der Waals surface area contributed by atoms with Crippen LogP contribution in [0.2, 0.25) is 0 Å².